The Bertz CT molecular complexity index is 479. The summed E-state index contributed by atoms with van der Waals surface area (Å²) in [5.74, 6) is -0.781. The van der Waals surface area contributed by atoms with E-state index in [0.29, 0.717) is 12.1 Å². The zero-order valence-corrected chi connectivity index (χ0v) is 12.9. The van der Waals surface area contributed by atoms with Gasteiger partial charge in [0.05, 0.1) is 17.2 Å². The highest BCUT2D eigenvalue weighted by molar-refractivity contribution is 6.33. The molecule has 0 atom stereocenters. The van der Waals surface area contributed by atoms with Crippen molar-refractivity contribution in [2.24, 2.45) is 5.41 Å². The molecule has 0 bridgehead atoms. The number of hydrogen-bond acceptors (Lipinski definition) is 2. The number of carbonyl (C=O) groups is 1. The average Bonchev–Trinajstić information content (AvgIpc) is 2.44. The summed E-state index contributed by atoms with van der Waals surface area (Å²) in [6, 6.07) is 2.58. The third kappa shape index (κ3) is 3.70. The average molecular weight is 302 g/mol. The molecule has 1 aromatic rings. The lowest BCUT2D eigenvalue weighted by Gasteiger charge is -2.29. The molecule has 0 saturated carbocycles. The number of halogens is 2. The van der Waals surface area contributed by atoms with Gasteiger partial charge in [-0.1, -0.05) is 25.4 Å². The van der Waals surface area contributed by atoms with Gasteiger partial charge in [0.1, 0.15) is 5.82 Å². The maximum atomic E-state index is 13.3. The van der Waals surface area contributed by atoms with Gasteiger partial charge in [-0.25, -0.2) is 4.39 Å². The molecule has 2 N–H and O–H groups in total. The fourth-order valence-electron chi connectivity index (χ4n) is 1.97. The molecule has 0 aliphatic heterocycles. The summed E-state index contributed by atoms with van der Waals surface area (Å²) in [4.78, 5) is 12.1. The van der Waals surface area contributed by atoms with E-state index in [9.17, 15) is 14.3 Å². The van der Waals surface area contributed by atoms with E-state index in [4.69, 9.17) is 11.6 Å². The van der Waals surface area contributed by atoms with E-state index in [2.05, 4.69) is 5.32 Å². The summed E-state index contributed by atoms with van der Waals surface area (Å²) in [6.45, 7) is 5.90. The van der Waals surface area contributed by atoms with E-state index in [0.717, 1.165) is 18.9 Å². The van der Waals surface area contributed by atoms with Crippen LogP contribution >= 0.6 is 11.6 Å². The highest BCUT2D eigenvalue weighted by Crippen LogP contribution is 2.25. The van der Waals surface area contributed by atoms with E-state index in [1.807, 2.05) is 13.8 Å². The first-order valence-electron chi connectivity index (χ1n) is 6.73. The van der Waals surface area contributed by atoms with Crippen LogP contribution in [0.25, 0.3) is 0 Å². The lowest BCUT2D eigenvalue weighted by atomic mass is 9.83. The number of aliphatic hydroxyl groups excluding tert-OH is 1. The summed E-state index contributed by atoms with van der Waals surface area (Å²) < 4.78 is 13.3. The topological polar surface area (TPSA) is 49.3 Å². The highest BCUT2D eigenvalue weighted by Gasteiger charge is 2.26. The molecule has 5 heteroatoms. The predicted molar refractivity (Wildman–Crippen MR) is 78.6 cm³/mol. The van der Waals surface area contributed by atoms with Crippen LogP contribution in [-0.2, 0) is 0 Å². The maximum Gasteiger partial charge on any atom is 0.252 e. The number of benzene rings is 1. The van der Waals surface area contributed by atoms with Gasteiger partial charge in [0.15, 0.2) is 0 Å². The molecule has 20 heavy (non-hydrogen) atoms. The first-order chi connectivity index (χ1) is 9.39. The Labute approximate surface area is 124 Å². The molecular formula is C15H21ClFNO2. The quantitative estimate of drug-likeness (QED) is 0.847. The number of carbonyl (C=O) groups excluding carboxylic acids is 1. The molecule has 0 aliphatic carbocycles. The van der Waals surface area contributed by atoms with Crippen molar-refractivity contribution in [2.75, 3.05) is 13.2 Å². The van der Waals surface area contributed by atoms with Crippen LogP contribution < -0.4 is 5.32 Å². The molecular weight excluding hydrogens is 281 g/mol. The van der Waals surface area contributed by atoms with Gasteiger partial charge >= 0.3 is 0 Å². The van der Waals surface area contributed by atoms with Gasteiger partial charge in [0.25, 0.3) is 5.91 Å². The minimum absolute atomic E-state index is 0.0104. The second-order valence-electron chi connectivity index (χ2n) is 5.13. The van der Waals surface area contributed by atoms with Crippen LogP contribution in [0.15, 0.2) is 12.1 Å². The van der Waals surface area contributed by atoms with E-state index in [-0.39, 0.29) is 28.5 Å². The Morgan fingerprint density at radius 3 is 2.50 bits per heavy atom. The van der Waals surface area contributed by atoms with Crippen molar-refractivity contribution in [2.45, 2.75) is 33.6 Å². The zero-order valence-electron chi connectivity index (χ0n) is 12.1. The summed E-state index contributed by atoms with van der Waals surface area (Å²) >= 11 is 5.90. The normalized spacial score (nSPS) is 11.5. The molecule has 112 valence electrons. The summed E-state index contributed by atoms with van der Waals surface area (Å²) in [5.41, 5.74) is 0.306. The monoisotopic (exact) mass is 301 g/mol. The first-order valence-corrected chi connectivity index (χ1v) is 7.11. The number of hydrogen-bond donors (Lipinski definition) is 2. The lowest BCUT2D eigenvalue weighted by Crippen LogP contribution is -2.39. The Hall–Kier alpha value is -1.13. The Kier molecular flexibility index (Phi) is 5.96. The third-order valence-electron chi connectivity index (χ3n) is 3.95. The van der Waals surface area contributed by atoms with Crippen molar-refractivity contribution < 1.29 is 14.3 Å². The number of aliphatic hydroxyl groups is 1. The van der Waals surface area contributed by atoms with Gasteiger partial charge < -0.3 is 10.4 Å². The van der Waals surface area contributed by atoms with Crippen LogP contribution in [0.2, 0.25) is 5.02 Å². The lowest BCUT2D eigenvalue weighted by molar-refractivity contribution is 0.0851. The molecule has 0 aliphatic rings. The second-order valence-corrected chi connectivity index (χ2v) is 5.54. The van der Waals surface area contributed by atoms with Gasteiger partial charge in [0.2, 0.25) is 0 Å². The summed E-state index contributed by atoms with van der Waals surface area (Å²) in [7, 11) is 0. The van der Waals surface area contributed by atoms with Crippen LogP contribution in [0.5, 0.6) is 0 Å². The van der Waals surface area contributed by atoms with E-state index in [1.54, 1.807) is 6.92 Å². The van der Waals surface area contributed by atoms with E-state index in [1.165, 1.54) is 6.07 Å². The highest BCUT2D eigenvalue weighted by atomic mass is 35.5. The number of aryl methyl sites for hydroxylation is 1. The SMILES string of the molecule is CCC(CC)(CO)CNC(=O)c1cc(C)c(F)cc1Cl. The molecule has 3 nitrogen and oxygen atoms in total. The molecule has 0 heterocycles. The fraction of sp³-hybridized carbons (Fsp3) is 0.533. The Morgan fingerprint density at radius 2 is 2.00 bits per heavy atom. The van der Waals surface area contributed by atoms with Crippen molar-refractivity contribution in [1.29, 1.82) is 0 Å². The van der Waals surface area contributed by atoms with Crippen LogP contribution in [0.1, 0.15) is 42.6 Å². The van der Waals surface area contributed by atoms with Gasteiger partial charge in [0, 0.05) is 12.0 Å². The van der Waals surface area contributed by atoms with Crippen LogP contribution in [-0.4, -0.2) is 24.2 Å². The summed E-state index contributed by atoms with van der Waals surface area (Å²) in [6.07, 6.45) is 1.52. The minimum atomic E-state index is -0.432. The molecule has 1 rings (SSSR count). The van der Waals surface area contributed by atoms with Crippen LogP contribution in [0, 0.1) is 18.2 Å². The predicted octanol–water partition coefficient (Wildman–Crippen LogP) is 3.32. The number of amides is 1. The minimum Gasteiger partial charge on any atom is -0.396 e. The Morgan fingerprint density at radius 1 is 1.40 bits per heavy atom. The van der Waals surface area contributed by atoms with Gasteiger partial charge in [-0.15, -0.1) is 0 Å². The number of nitrogens with one attached hydrogen (secondary N) is 1. The molecule has 0 saturated heterocycles. The fourth-order valence-corrected chi connectivity index (χ4v) is 2.21. The Balaban J connectivity index is 2.85. The molecule has 1 amide bonds. The van der Waals surface area contributed by atoms with Crippen LogP contribution in [0.3, 0.4) is 0 Å². The van der Waals surface area contributed by atoms with Crippen molar-refractivity contribution in [3.05, 3.63) is 34.1 Å². The molecule has 0 fully saturated rings. The molecule has 0 aromatic heterocycles. The van der Waals surface area contributed by atoms with Crippen LogP contribution in [0.4, 0.5) is 4.39 Å². The second kappa shape index (κ2) is 7.04. The molecule has 0 unspecified atom stereocenters. The van der Waals surface area contributed by atoms with Crippen molar-refractivity contribution in [3.8, 4) is 0 Å². The van der Waals surface area contributed by atoms with Gasteiger partial charge in [-0.2, -0.15) is 0 Å². The largest absolute Gasteiger partial charge is 0.396 e. The zero-order chi connectivity index (χ0) is 15.3. The smallest absolute Gasteiger partial charge is 0.252 e. The van der Waals surface area contributed by atoms with Crippen molar-refractivity contribution >= 4 is 17.5 Å². The third-order valence-corrected chi connectivity index (χ3v) is 4.26. The number of rotatable bonds is 6. The van der Waals surface area contributed by atoms with Crippen molar-refractivity contribution in [1.82, 2.24) is 5.32 Å². The van der Waals surface area contributed by atoms with Gasteiger partial charge in [-0.05, 0) is 37.5 Å². The summed E-state index contributed by atoms with van der Waals surface area (Å²) in [5, 5.41) is 12.3. The van der Waals surface area contributed by atoms with Gasteiger partial charge in [-0.3, -0.25) is 4.79 Å². The molecule has 0 radical (unpaired) electrons. The first kappa shape index (κ1) is 16.9. The standard InChI is InChI=1S/C15H21ClFNO2/c1-4-15(5-2,9-19)8-18-14(20)11-6-10(3)13(17)7-12(11)16/h6-7,19H,4-5,8-9H2,1-3H3,(H,18,20). The maximum absolute atomic E-state index is 13.3. The van der Waals surface area contributed by atoms with E-state index >= 15 is 0 Å². The molecule has 1 aromatic carbocycles. The van der Waals surface area contributed by atoms with Crippen molar-refractivity contribution in [3.63, 3.8) is 0 Å². The van der Waals surface area contributed by atoms with E-state index < -0.39 is 5.82 Å². The molecule has 0 spiro atoms.